The lowest BCUT2D eigenvalue weighted by Crippen LogP contribution is -2.48. The third-order valence-corrected chi connectivity index (χ3v) is 6.36. The lowest BCUT2D eigenvalue weighted by molar-refractivity contribution is 0.180. The van der Waals surface area contributed by atoms with Gasteiger partial charge in [-0.3, -0.25) is 0 Å². The van der Waals surface area contributed by atoms with Crippen LogP contribution in [-0.2, 0) is 10.0 Å². The van der Waals surface area contributed by atoms with E-state index in [2.05, 4.69) is 18.7 Å². The number of piperazine rings is 1. The third-order valence-electron chi connectivity index (χ3n) is 4.30. The van der Waals surface area contributed by atoms with Crippen molar-refractivity contribution in [2.45, 2.75) is 39.0 Å². The van der Waals surface area contributed by atoms with E-state index in [4.69, 9.17) is 0 Å². The van der Waals surface area contributed by atoms with Gasteiger partial charge in [-0.1, -0.05) is 31.5 Å². The number of rotatable bonds is 5. The van der Waals surface area contributed by atoms with Crippen LogP contribution in [0.15, 0.2) is 23.1 Å². The molecule has 124 valence electrons. The van der Waals surface area contributed by atoms with Gasteiger partial charge in [0.1, 0.15) is 0 Å². The molecule has 0 atom stereocenters. The molecule has 5 heteroatoms. The Labute approximate surface area is 135 Å². The predicted octanol–water partition coefficient (Wildman–Crippen LogP) is 2.66. The van der Waals surface area contributed by atoms with E-state index >= 15 is 0 Å². The number of aryl methyl sites for hydroxylation is 2. The summed E-state index contributed by atoms with van der Waals surface area (Å²) in [5, 5.41) is 0. The van der Waals surface area contributed by atoms with Crippen molar-refractivity contribution in [3.63, 3.8) is 0 Å². The molecule has 1 heterocycles. The summed E-state index contributed by atoms with van der Waals surface area (Å²) in [5.74, 6) is 0.692. The van der Waals surface area contributed by atoms with Gasteiger partial charge in [0.25, 0.3) is 0 Å². The molecule has 1 saturated heterocycles. The van der Waals surface area contributed by atoms with Crippen LogP contribution < -0.4 is 0 Å². The first kappa shape index (κ1) is 17.4. The largest absolute Gasteiger partial charge is 0.301 e. The fourth-order valence-electron chi connectivity index (χ4n) is 2.86. The molecule has 22 heavy (non-hydrogen) atoms. The molecule has 1 aliphatic heterocycles. The van der Waals surface area contributed by atoms with Crippen LogP contribution in [0.2, 0.25) is 0 Å². The number of nitrogens with zero attached hydrogens (tertiary/aromatic N) is 2. The molecule has 0 N–H and O–H groups in total. The summed E-state index contributed by atoms with van der Waals surface area (Å²) in [6.07, 6.45) is 1.17. The highest BCUT2D eigenvalue weighted by Gasteiger charge is 2.29. The van der Waals surface area contributed by atoms with Crippen LogP contribution in [0.4, 0.5) is 0 Å². The minimum atomic E-state index is -3.36. The first-order valence-corrected chi connectivity index (χ1v) is 9.54. The predicted molar refractivity (Wildman–Crippen MR) is 90.6 cm³/mol. The van der Waals surface area contributed by atoms with Gasteiger partial charge in [-0.05, 0) is 44.4 Å². The van der Waals surface area contributed by atoms with Crippen molar-refractivity contribution in [3.05, 3.63) is 29.3 Å². The van der Waals surface area contributed by atoms with Crippen molar-refractivity contribution in [2.24, 2.45) is 5.92 Å². The number of sulfonamides is 1. The first-order valence-electron chi connectivity index (χ1n) is 8.10. The van der Waals surface area contributed by atoms with E-state index in [0.717, 1.165) is 30.8 Å². The van der Waals surface area contributed by atoms with Gasteiger partial charge in [0.05, 0.1) is 4.90 Å². The highest BCUT2D eigenvalue weighted by Crippen LogP contribution is 2.22. The molecule has 0 unspecified atom stereocenters. The molecule has 1 aliphatic rings. The van der Waals surface area contributed by atoms with Crippen LogP contribution in [0.1, 0.15) is 31.4 Å². The first-order chi connectivity index (χ1) is 10.3. The Kier molecular flexibility index (Phi) is 5.64. The van der Waals surface area contributed by atoms with Crippen LogP contribution in [0.25, 0.3) is 0 Å². The van der Waals surface area contributed by atoms with E-state index in [0.29, 0.717) is 23.9 Å². The Morgan fingerprint density at radius 3 is 2.27 bits per heavy atom. The zero-order valence-corrected chi connectivity index (χ0v) is 15.0. The van der Waals surface area contributed by atoms with Crippen molar-refractivity contribution in [3.8, 4) is 0 Å². The van der Waals surface area contributed by atoms with Crippen molar-refractivity contribution in [1.82, 2.24) is 9.21 Å². The SMILES string of the molecule is Cc1ccc(S(=O)(=O)N2CCN(CCC(C)C)CC2)c(C)c1. The molecule has 0 aliphatic carbocycles. The summed E-state index contributed by atoms with van der Waals surface area (Å²) in [7, 11) is -3.36. The fourth-order valence-corrected chi connectivity index (χ4v) is 4.49. The molecular weight excluding hydrogens is 296 g/mol. The summed E-state index contributed by atoms with van der Waals surface area (Å²) in [6.45, 7) is 12.2. The van der Waals surface area contributed by atoms with Crippen molar-refractivity contribution in [1.29, 1.82) is 0 Å². The van der Waals surface area contributed by atoms with Gasteiger partial charge in [0, 0.05) is 26.2 Å². The highest BCUT2D eigenvalue weighted by atomic mass is 32.2. The summed E-state index contributed by atoms with van der Waals surface area (Å²) in [5.41, 5.74) is 1.93. The zero-order chi connectivity index (χ0) is 16.3. The summed E-state index contributed by atoms with van der Waals surface area (Å²) in [6, 6.07) is 5.55. The maximum Gasteiger partial charge on any atom is 0.243 e. The number of benzene rings is 1. The second kappa shape index (κ2) is 7.11. The van der Waals surface area contributed by atoms with Crippen molar-refractivity contribution < 1.29 is 8.42 Å². The monoisotopic (exact) mass is 324 g/mol. The second-order valence-electron chi connectivity index (χ2n) is 6.70. The topological polar surface area (TPSA) is 40.6 Å². The lowest BCUT2D eigenvalue weighted by Gasteiger charge is -2.34. The van der Waals surface area contributed by atoms with Crippen molar-refractivity contribution in [2.75, 3.05) is 32.7 Å². The van der Waals surface area contributed by atoms with Gasteiger partial charge in [-0.2, -0.15) is 4.31 Å². The van der Waals surface area contributed by atoms with Gasteiger partial charge in [-0.25, -0.2) is 8.42 Å². The number of hydrogen-bond donors (Lipinski definition) is 0. The molecule has 0 saturated carbocycles. The molecular formula is C17H28N2O2S. The van der Waals surface area contributed by atoms with E-state index in [1.807, 2.05) is 26.0 Å². The smallest absolute Gasteiger partial charge is 0.243 e. The van der Waals surface area contributed by atoms with E-state index in [1.54, 1.807) is 10.4 Å². The molecule has 0 amide bonds. The number of hydrogen-bond acceptors (Lipinski definition) is 3. The van der Waals surface area contributed by atoms with Gasteiger partial charge >= 0.3 is 0 Å². The quantitative estimate of drug-likeness (QED) is 0.836. The Morgan fingerprint density at radius 2 is 1.73 bits per heavy atom. The maximum absolute atomic E-state index is 12.8. The lowest BCUT2D eigenvalue weighted by atomic mass is 10.1. The Balaban J connectivity index is 2.03. The van der Waals surface area contributed by atoms with Gasteiger partial charge in [-0.15, -0.1) is 0 Å². The average molecular weight is 324 g/mol. The van der Waals surface area contributed by atoms with Gasteiger partial charge in [0.2, 0.25) is 10.0 Å². The van der Waals surface area contributed by atoms with Crippen LogP contribution in [-0.4, -0.2) is 50.3 Å². The minimum absolute atomic E-state index is 0.453. The van der Waals surface area contributed by atoms with E-state index in [1.165, 1.54) is 6.42 Å². The van der Waals surface area contributed by atoms with Crippen molar-refractivity contribution >= 4 is 10.0 Å². The standard InChI is InChI=1S/C17H28N2O2S/c1-14(2)7-8-18-9-11-19(12-10-18)22(20,21)17-6-5-15(3)13-16(17)4/h5-6,13-14H,7-12H2,1-4H3. The van der Waals surface area contributed by atoms with Crippen LogP contribution in [0, 0.1) is 19.8 Å². The molecule has 0 spiro atoms. The maximum atomic E-state index is 12.8. The fraction of sp³-hybridized carbons (Fsp3) is 0.647. The molecule has 0 radical (unpaired) electrons. The summed E-state index contributed by atoms with van der Waals surface area (Å²) in [4.78, 5) is 2.82. The molecule has 1 aromatic rings. The van der Waals surface area contributed by atoms with Gasteiger partial charge < -0.3 is 4.90 Å². The molecule has 1 aromatic carbocycles. The molecule has 1 fully saturated rings. The van der Waals surface area contributed by atoms with Gasteiger partial charge in [0.15, 0.2) is 0 Å². The summed E-state index contributed by atoms with van der Waals surface area (Å²) >= 11 is 0. The molecule has 4 nitrogen and oxygen atoms in total. The Morgan fingerprint density at radius 1 is 1.09 bits per heavy atom. The van der Waals surface area contributed by atoms with Crippen LogP contribution >= 0.6 is 0 Å². The average Bonchev–Trinajstić information content (AvgIpc) is 2.45. The van der Waals surface area contributed by atoms with Crippen LogP contribution in [0.3, 0.4) is 0 Å². The molecule has 0 bridgehead atoms. The third kappa shape index (κ3) is 4.09. The van der Waals surface area contributed by atoms with E-state index < -0.39 is 10.0 Å². The molecule has 0 aromatic heterocycles. The Hall–Kier alpha value is -0.910. The minimum Gasteiger partial charge on any atom is -0.301 e. The van der Waals surface area contributed by atoms with E-state index in [9.17, 15) is 8.42 Å². The van der Waals surface area contributed by atoms with E-state index in [-0.39, 0.29) is 0 Å². The Bertz CT molecular complexity index is 603. The normalized spacial score (nSPS) is 18.0. The zero-order valence-electron chi connectivity index (χ0n) is 14.2. The van der Waals surface area contributed by atoms with Crippen LogP contribution in [0.5, 0.6) is 0 Å². The molecule has 2 rings (SSSR count). The summed E-state index contributed by atoms with van der Waals surface area (Å²) < 4.78 is 27.2. The second-order valence-corrected chi connectivity index (χ2v) is 8.60. The highest BCUT2D eigenvalue weighted by molar-refractivity contribution is 7.89.